The molecule has 0 saturated carbocycles. The highest BCUT2D eigenvalue weighted by atomic mass is 32.2. The quantitative estimate of drug-likeness (QED) is 0.201. The van der Waals surface area contributed by atoms with Crippen LogP contribution in [0.2, 0.25) is 0 Å². The lowest BCUT2D eigenvalue weighted by Gasteiger charge is -2.31. The van der Waals surface area contributed by atoms with Crippen LogP contribution in [-0.2, 0) is 14.3 Å². The summed E-state index contributed by atoms with van der Waals surface area (Å²) < 4.78 is 21.0. The summed E-state index contributed by atoms with van der Waals surface area (Å²) in [6, 6.07) is 13.1. The highest BCUT2D eigenvalue weighted by Crippen LogP contribution is 2.24. The minimum absolute atomic E-state index is 0.0471. The number of amides is 1. The maximum atomic E-state index is 14.6. The Morgan fingerprint density at radius 2 is 1.83 bits per heavy atom. The van der Waals surface area contributed by atoms with Gasteiger partial charge in [-0.25, -0.2) is 9.37 Å². The molecule has 7 nitrogen and oxygen atoms in total. The molecule has 4 rings (SSSR count). The first-order valence-corrected chi connectivity index (χ1v) is 12.8. The topological polar surface area (TPSA) is 81.5 Å². The lowest BCUT2D eigenvalue weighted by molar-refractivity contribution is -0.151. The largest absolute Gasteiger partial charge is 0.466 e. The molecule has 0 aliphatic carbocycles. The smallest absolute Gasteiger partial charge is 0.309 e. The van der Waals surface area contributed by atoms with Crippen LogP contribution in [0.5, 0.6) is 0 Å². The summed E-state index contributed by atoms with van der Waals surface area (Å²) in [7, 11) is 0. The van der Waals surface area contributed by atoms with E-state index in [1.807, 2.05) is 0 Å². The number of esters is 1. The molecule has 3 aromatic rings. The van der Waals surface area contributed by atoms with Gasteiger partial charge in [-0.1, -0.05) is 36.0 Å². The number of fused-ring (bicyclic) bond motifs is 1. The van der Waals surface area contributed by atoms with E-state index in [-0.39, 0.29) is 29.0 Å². The molecule has 9 heteroatoms. The summed E-state index contributed by atoms with van der Waals surface area (Å²) in [5.41, 5.74) is 0.371. The number of hydrogen-bond donors (Lipinski definition) is 0. The van der Waals surface area contributed by atoms with Crippen molar-refractivity contribution in [3.05, 3.63) is 64.7 Å². The summed E-state index contributed by atoms with van der Waals surface area (Å²) in [4.78, 5) is 44.2. The molecule has 1 aliphatic heterocycles. The average Bonchev–Trinajstić information content (AvgIpc) is 2.87. The number of aromatic nitrogens is 2. The van der Waals surface area contributed by atoms with Gasteiger partial charge >= 0.3 is 5.97 Å². The van der Waals surface area contributed by atoms with Crippen LogP contribution < -0.4 is 5.56 Å². The van der Waals surface area contributed by atoms with Crippen LogP contribution in [0.3, 0.4) is 0 Å². The van der Waals surface area contributed by atoms with E-state index in [1.54, 1.807) is 54.3 Å². The first-order valence-electron chi connectivity index (χ1n) is 11.8. The number of halogens is 1. The fraction of sp³-hybridized carbons (Fsp3) is 0.385. The standard InChI is InChI=1S/C26H28FN3O4S/c1-2-34-25(33)18-13-15-29(16-14-18)23(31)12-7-17-35-26-28-21-10-5-3-8-19(21)24(32)30(26)22-11-6-4-9-20(22)27/h3-6,8-11,18H,2,7,12-17H2,1H3. The highest BCUT2D eigenvalue weighted by Gasteiger charge is 2.28. The summed E-state index contributed by atoms with van der Waals surface area (Å²) in [6.07, 6.45) is 2.18. The lowest BCUT2D eigenvalue weighted by Crippen LogP contribution is -2.40. The Morgan fingerprint density at radius 3 is 2.57 bits per heavy atom. The molecule has 1 aliphatic rings. The SMILES string of the molecule is CCOC(=O)C1CCN(C(=O)CCCSc2nc3ccccc3c(=O)n2-c2ccccc2F)CC1. The van der Waals surface area contributed by atoms with Crippen LogP contribution in [0.25, 0.3) is 16.6 Å². The first kappa shape index (κ1) is 24.9. The summed E-state index contributed by atoms with van der Waals surface area (Å²) >= 11 is 1.33. The number of likely N-dealkylation sites (tertiary alicyclic amines) is 1. The molecule has 0 spiro atoms. The van der Waals surface area contributed by atoms with Gasteiger partial charge in [0.25, 0.3) is 5.56 Å². The Morgan fingerprint density at radius 1 is 1.11 bits per heavy atom. The Labute approximate surface area is 207 Å². The van der Waals surface area contributed by atoms with Gasteiger partial charge in [-0.05, 0) is 50.5 Å². The first-order chi connectivity index (χ1) is 17.0. The van der Waals surface area contributed by atoms with Crippen molar-refractivity contribution in [1.29, 1.82) is 0 Å². The van der Waals surface area contributed by atoms with Crippen LogP contribution in [-0.4, -0.2) is 51.8 Å². The average molecular weight is 498 g/mol. The minimum atomic E-state index is -0.505. The number of ether oxygens (including phenoxy) is 1. The van der Waals surface area contributed by atoms with Crippen LogP contribution in [0, 0.1) is 11.7 Å². The van der Waals surface area contributed by atoms with Gasteiger partial charge in [0.05, 0.1) is 29.1 Å². The monoisotopic (exact) mass is 497 g/mol. The van der Waals surface area contributed by atoms with Gasteiger partial charge in [0, 0.05) is 25.3 Å². The zero-order valence-electron chi connectivity index (χ0n) is 19.6. The normalized spacial score (nSPS) is 14.3. The molecule has 184 valence electrons. The second-order valence-electron chi connectivity index (χ2n) is 8.36. The molecule has 0 atom stereocenters. The van der Waals surface area contributed by atoms with Gasteiger partial charge in [0.15, 0.2) is 5.16 Å². The Kier molecular flexibility index (Phi) is 8.17. The fourth-order valence-electron chi connectivity index (χ4n) is 4.22. The molecule has 35 heavy (non-hydrogen) atoms. The van der Waals surface area contributed by atoms with Crippen LogP contribution in [0.4, 0.5) is 4.39 Å². The molecule has 0 N–H and O–H groups in total. The molecule has 1 fully saturated rings. The molecule has 0 bridgehead atoms. The predicted molar refractivity (Wildman–Crippen MR) is 133 cm³/mol. The van der Waals surface area contributed by atoms with Crippen LogP contribution >= 0.6 is 11.8 Å². The van der Waals surface area contributed by atoms with E-state index in [2.05, 4.69) is 4.98 Å². The van der Waals surface area contributed by atoms with Gasteiger partial charge < -0.3 is 9.64 Å². The number of benzene rings is 2. The van der Waals surface area contributed by atoms with E-state index < -0.39 is 5.82 Å². The predicted octanol–water partition coefficient (Wildman–Crippen LogP) is 4.20. The number of carbonyl (C=O) groups excluding carboxylic acids is 2. The Balaban J connectivity index is 1.40. The summed E-state index contributed by atoms with van der Waals surface area (Å²) in [5, 5.41) is 0.808. The van der Waals surface area contributed by atoms with E-state index >= 15 is 0 Å². The van der Waals surface area contributed by atoms with Crippen molar-refractivity contribution in [2.24, 2.45) is 5.92 Å². The Bertz CT molecular complexity index is 1270. The van der Waals surface area contributed by atoms with Crippen molar-refractivity contribution < 1.29 is 18.7 Å². The number of rotatable bonds is 8. The molecule has 1 aromatic heterocycles. The molecule has 1 amide bonds. The number of para-hydroxylation sites is 2. The van der Waals surface area contributed by atoms with E-state index in [0.29, 0.717) is 67.2 Å². The van der Waals surface area contributed by atoms with Crippen LogP contribution in [0.15, 0.2) is 58.5 Å². The number of piperidine rings is 1. The maximum absolute atomic E-state index is 14.6. The van der Waals surface area contributed by atoms with Gasteiger partial charge in [0.2, 0.25) is 5.91 Å². The Hall–Kier alpha value is -3.20. The zero-order chi connectivity index (χ0) is 24.8. The van der Waals surface area contributed by atoms with E-state index in [0.717, 1.165) is 0 Å². The second kappa shape index (κ2) is 11.5. The van der Waals surface area contributed by atoms with Gasteiger partial charge in [-0.2, -0.15) is 0 Å². The number of thioether (sulfide) groups is 1. The van der Waals surface area contributed by atoms with E-state index in [4.69, 9.17) is 4.74 Å². The molecule has 2 aromatic carbocycles. The molecule has 2 heterocycles. The highest BCUT2D eigenvalue weighted by molar-refractivity contribution is 7.99. The molecular formula is C26H28FN3O4S. The van der Waals surface area contributed by atoms with Gasteiger partial charge in [0.1, 0.15) is 5.82 Å². The fourth-order valence-corrected chi connectivity index (χ4v) is 5.17. The van der Waals surface area contributed by atoms with Crippen molar-refractivity contribution in [3.8, 4) is 5.69 Å². The third kappa shape index (κ3) is 5.73. The zero-order valence-corrected chi connectivity index (χ0v) is 20.4. The number of carbonyl (C=O) groups is 2. The van der Waals surface area contributed by atoms with Crippen LogP contribution in [0.1, 0.15) is 32.6 Å². The van der Waals surface area contributed by atoms with Crippen molar-refractivity contribution in [1.82, 2.24) is 14.5 Å². The third-order valence-corrected chi connectivity index (χ3v) is 7.10. The molecular weight excluding hydrogens is 469 g/mol. The number of hydrogen-bond acceptors (Lipinski definition) is 6. The second-order valence-corrected chi connectivity index (χ2v) is 9.42. The van der Waals surface area contributed by atoms with Crippen molar-refractivity contribution >= 4 is 34.5 Å². The third-order valence-electron chi connectivity index (χ3n) is 6.07. The van der Waals surface area contributed by atoms with Crippen molar-refractivity contribution in [2.45, 2.75) is 37.8 Å². The molecule has 1 saturated heterocycles. The molecule has 0 radical (unpaired) electrons. The van der Waals surface area contributed by atoms with E-state index in [9.17, 15) is 18.8 Å². The minimum Gasteiger partial charge on any atom is -0.466 e. The van der Waals surface area contributed by atoms with Crippen molar-refractivity contribution in [2.75, 3.05) is 25.4 Å². The summed E-state index contributed by atoms with van der Waals surface area (Å²) in [6.45, 7) is 3.26. The lowest BCUT2D eigenvalue weighted by atomic mass is 9.97. The summed E-state index contributed by atoms with van der Waals surface area (Å²) in [5.74, 6) is -0.228. The van der Waals surface area contributed by atoms with Gasteiger partial charge in [-0.3, -0.25) is 19.0 Å². The van der Waals surface area contributed by atoms with E-state index in [1.165, 1.54) is 22.4 Å². The number of nitrogens with zero attached hydrogens (tertiary/aromatic N) is 3. The molecule has 0 unspecified atom stereocenters. The van der Waals surface area contributed by atoms with Crippen molar-refractivity contribution in [3.63, 3.8) is 0 Å². The van der Waals surface area contributed by atoms with Gasteiger partial charge in [-0.15, -0.1) is 0 Å². The maximum Gasteiger partial charge on any atom is 0.309 e.